The van der Waals surface area contributed by atoms with Crippen LogP contribution in [0, 0.1) is 0 Å². The van der Waals surface area contributed by atoms with E-state index in [9.17, 15) is 0 Å². The molecule has 0 aliphatic carbocycles. The van der Waals surface area contributed by atoms with Gasteiger partial charge in [0.15, 0.2) is 0 Å². The number of rotatable bonds is 1. The van der Waals surface area contributed by atoms with Gasteiger partial charge < -0.3 is 4.42 Å². The summed E-state index contributed by atoms with van der Waals surface area (Å²) in [6.07, 6.45) is 3.23. The zero-order valence-corrected chi connectivity index (χ0v) is 4.22. The zero-order chi connectivity index (χ0) is 5.11. The highest BCUT2D eigenvalue weighted by Gasteiger charge is 1.88. The number of aromatic nitrogens is 1. The van der Waals surface area contributed by atoms with Crippen LogP contribution < -0.4 is 5.79 Å². The van der Waals surface area contributed by atoms with E-state index >= 15 is 0 Å². The summed E-state index contributed by atoms with van der Waals surface area (Å²) in [7, 11) is 0.882. The lowest BCUT2D eigenvalue weighted by molar-refractivity contribution is 0.595. The molecule has 0 saturated heterocycles. The van der Waals surface area contributed by atoms with Crippen molar-refractivity contribution in [1.29, 1.82) is 0 Å². The first-order valence-corrected chi connectivity index (χ1v) is 2.32. The predicted octanol–water partition coefficient (Wildman–Crippen LogP) is -0.215. The van der Waals surface area contributed by atoms with E-state index in [1.165, 1.54) is 0 Å². The molecule has 0 saturated carbocycles. The highest BCUT2D eigenvalue weighted by molar-refractivity contribution is 6.48. The predicted molar refractivity (Wildman–Crippen MR) is 29.1 cm³/mol. The van der Waals surface area contributed by atoms with Gasteiger partial charge in [-0.2, -0.15) is 0 Å². The van der Waals surface area contributed by atoms with Gasteiger partial charge in [-0.25, -0.2) is 4.98 Å². The molecule has 0 atom stereocenters. The van der Waals surface area contributed by atoms with E-state index in [1.807, 2.05) is 6.82 Å². The van der Waals surface area contributed by atoms with Crippen LogP contribution in [0.5, 0.6) is 0 Å². The maximum Gasteiger partial charge on any atom is 0.227 e. The molecule has 0 aliphatic heterocycles. The normalized spacial score (nSPS) is 8.71. The minimum absolute atomic E-state index is 0.806. The van der Waals surface area contributed by atoms with Gasteiger partial charge >= 0.3 is 0 Å². The third-order valence-electron chi connectivity index (χ3n) is 0.786. The third-order valence-corrected chi connectivity index (χ3v) is 0.786. The second kappa shape index (κ2) is 1.82. The molecule has 1 aromatic rings. The number of nitrogens with zero attached hydrogens (tertiary/aromatic N) is 1. The Morgan fingerprint density at radius 2 is 2.71 bits per heavy atom. The van der Waals surface area contributed by atoms with Crippen LogP contribution in [0.15, 0.2) is 16.9 Å². The summed E-state index contributed by atoms with van der Waals surface area (Å²) in [6.45, 7) is 2.01. The van der Waals surface area contributed by atoms with Gasteiger partial charge in [-0.1, -0.05) is 6.82 Å². The molecule has 0 N–H and O–H groups in total. The van der Waals surface area contributed by atoms with Gasteiger partial charge in [-0.3, -0.25) is 0 Å². The molecule has 0 spiro atoms. The highest BCUT2D eigenvalue weighted by atomic mass is 16.3. The summed E-state index contributed by atoms with van der Waals surface area (Å²) in [5.41, 5.74) is 0. The van der Waals surface area contributed by atoms with Crippen molar-refractivity contribution in [3.05, 3.63) is 12.5 Å². The molecule has 0 aliphatic rings. The first-order chi connectivity index (χ1) is 3.43. The molecule has 0 amide bonds. The second-order valence-corrected chi connectivity index (χ2v) is 1.28. The smallest absolute Gasteiger partial charge is 0.227 e. The Kier molecular flexibility index (Phi) is 1.15. The average molecular weight is 94.9 g/mol. The molecule has 1 rings (SSSR count). The molecule has 0 fully saturated rings. The first kappa shape index (κ1) is 4.43. The van der Waals surface area contributed by atoms with Crippen molar-refractivity contribution >= 4 is 13.1 Å². The van der Waals surface area contributed by atoms with E-state index in [-0.39, 0.29) is 0 Å². The molecule has 1 heterocycles. The topological polar surface area (TPSA) is 26.0 Å². The molecule has 0 aromatic carbocycles. The highest BCUT2D eigenvalue weighted by Crippen LogP contribution is 1.72. The van der Waals surface area contributed by atoms with Crippen LogP contribution in [0.3, 0.4) is 0 Å². The Hall–Kier alpha value is -0.725. The largest absolute Gasteiger partial charge is 0.460 e. The Balaban J connectivity index is 2.76. The van der Waals surface area contributed by atoms with Gasteiger partial charge in [0.25, 0.3) is 0 Å². The van der Waals surface area contributed by atoms with Gasteiger partial charge in [0.05, 0.1) is 6.20 Å². The van der Waals surface area contributed by atoms with Crippen LogP contribution in [0.1, 0.15) is 0 Å². The van der Waals surface area contributed by atoms with E-state index < -0.39 is 0 Å². The van der Waals surface area contributed by atoms with Crippen LogP contribution in [0.25, 0.3) is 0 Å². The summed E-state index contributed by atoms with van der Waals surface area (Å²) < 4.78 is 4.87. The average Bonchev–Trinajstić information content (AvgIpc) is 2.14. The molecule has 36 valence electrons. The van der Waals surface area contributed by atoms with Crippen molar-refractivity contribution in [3.63, 3.8) is 0 Å². The minimum atomic E-state index is 0.806. The summed E-state index contributed by atoms with van der Waals surface area (Å²) in [6, 6.07) is 0. The standard InChI is InChI=1S/C4H6BNO/c1-5-4-6-2-3-7-4/h2-3,5H,1H3. The van der Waals surface area contributed by atoms with Gasteiger partial charge in [0, 0.05) is 0 Å². The summed E-state index contributed by atoms with van der Waals surface area (Å²) >= 11 is 0. The fourth-order valence-corrected chi connectivity index (χ4v) is 0.428. The van der Waals surface area contributed by atoms with Gasteiger partial charge in [0.2, 0.25) is 7.28 Å². The van der Waals surface area contributed by atoms with Gasteiger partial charge in [-0.05, 0) is 0 Å². The summed E-state index contributed by atoms with van der Waals surface area (Å²) in [5.74, 6) is 0.806. The molecule has 0 radical (unpaired) electrons. The van der Waals surface area contributed by atoms with E-state index in [2.05, 4.69) is 4.98 Å². The quantitative estimate of drug-likeness (QED) is 0.451. The Morgan fingerprint density at radius 3 is 3.00 bits per heavy atom. The van der Waals surface area contributed by atoms with E-state index in [0.717, 1.165) is 13.1 Å². The van der Waals surface area contributed by atoms with Gasteiger partial charge in [-0.15, -0.1) is 0 Å². The van der Waals surface area contributed by atoms with Crippen LogP contribution in [0.2, 0.25) is 6.82 Å². The molecule has 1 aromatic heterocycles. The van der Waals surface area contributed by atoms with Crippen molar-refractivity contribution < 1.29 is 4.42 Å². The molecular formula is C4H6BNO. The van der Waals surface area contributed by atoms with E-state index in [4.69, 9.17) is 4.42 Å². The maximum absolute atomic E-state index is 4.87. The molecule has 0 bridgehead atoms. The van der Waals surface area contributed by atoms with Crippen LogP contribution in [0.4, 0.5) is 0 Å². The Labute approximate surface area is 42.8 Å². The maximum atomic E-state index is 4.87. The lowest BCUT2D eigenvalue weighted by Gasteiger charge is -1.75. The Bertz CT molecular complexity index is 126. The van der Waals surface area contributed by atoms with Crippen molar-refractivity contribution in [2.24, 2.45) is 0 Å². The van der Waals surface area contributed by atoms with Crippen molar-refractivity contribution in [1.82, 2.24) is 4.98 Å². The fraction of sp³-hybridized carbons (Fsp3) is 0.250. The van der Waals surface area contributed by atoms with Crippen molar-refractivity contribution in [2.75, 3.05) is 0 Å². The molecular weight excluding hydrogens is 88.9 g/mol. The van der Waals surface area contributed by atoms with Crippen molar-refractivity contribution in [2.45, 2.75) is 6.82 Å². The second-order valence-electron chi connectivity index (χ2n) is 1.28. The Morgan fingerprint density at radius 1 is 1.86 bits per heavy atom. The van der Waals surface area contributed by atoms with E-state index in [1.54, 1.807) is 12.5 Å². The number of hydrogen-bond acceptors (Lipinski definition) is 2. The molecule has 3 heteroatoms. The molecule has 7 heavy (non-hydrogen) atoms. The number of hydrogen-bond donors (Lipinski definition) is 0. The van der Waals surface area contributed by atoms with Gasteiger partial charge in [0.1, 0.15) is 12.1 Å². The lowest BCUT2D eigenvalue weighted by Crippen LogP contribution is -2.09. The SMILES string of the molecule is CBc1ncco1. The van der Waals surface area contributed by atoms with E-state index in [0.29, 0.717) is 0 Å². The summed E-state index contributed by atoms with van der Waals surface area (Å²) in [4.78, 5) is 3.87. The van der Waals surface area contributed by atoms with Crippen LogP contribution in [-0.4, -0.2) is 12.3 Å². The lowest BCUT2D eigenvalue weighted by atomic mass is 9.83. The number of oxazole rings is 1. The zero-order valence-electron chi connectivity index (χ0n) is 4.22. The van der Waals surface area contributed by atoms with Crippen molar-refractivity contribution in [3.8, 4) is 0 Å². The van der Waals surface area contributed by atoms with Crippen LogP contribution >= 0.6 is 0 Å². The van der Waals surface area contributed by atoms with Crippen LogP contribution in [-0.2, 0) is 0 Å². The minimum Gasteiger partial charge on any atom is -0.460 e. The fourth-order valence-electron chi connectivity index (χ4n) is 0.428. The molecule has 2 nitrogen and oxygen atoms in total. The summed E-state index contributed by atoms with van der Waals surface area (Å²) in [5, 5.41) is 0. The molecule has 0 unspecified atom stereocenters. The monoisotopic (exact) mass is 95.1 g/mol. The first-order valence-electron chi connectivity index (χ1n) is 2.32. The third kappa shape index (κ3) is 0.826.